The molecule has 1 saturated heterocycles. The zero-order valence-corrected chi connectivity index (χ0v) is 10.1. The first-order valence-electron chi connectivity index (χ1n) is 5.50. The third-order valence-electron chi connectivity index (χ3n) is 2.98. The van der Waals surface area contributed by atoms with Crippen LogP contribution in [0.15, 0.2) is 36.5 Å². The number of para-hydroxylation sites is 1. The van der Waals surface area contributed by atoms with E-state index in [1.54, 1.807) is 6.20 Å². The molecule has 0 aliphatic carbocycles. The molecule has 1 amide bonds. The fourth-order valence-corrected chi connectivity index (χ4v) is 2.21. The lowest BCUT2D eigenvalue weighted by Gasteiger charge is -2.17. The summed E-state index contributed by atoms with van der Waals surface area (Å²) in [6.07, 6.45) is 3.37. The SMILES string of the molecule is Cl.O=C1CCCN1c1cccc2cccnc12. The zero-order valence-electron chi connectivity index (χ0n) is 9.30. The van der Waals surface area contributed by atoms with Crippen molar-refractivity contribution in [3.63, 3.8) is 0 Å². The highest BCUT2D eigenvalue weighted by molar-refractivity contribution is 6.03. The number of rotatable bonds is 1. The number of halogens is 1. The van der Waals surface area contributed by atoms with Gasteiger partial charge in [0.2, 0.25) is 5.91 Å². The van der Waals surface area contributed by atoms with Crippen LogP contribution in [0.4, 0.5) is 5.69 Å². The maximum atomic E-state index is 11.7. The molecule has 0 saturated carbocycles. The molecule has 1 aliphatic rings. The molecule has 1 fully saturated rings. The Morgan fingerprint density at radius 3 is 2.76 bits per heavy atom. The second kappa shape index (κ2) is 4.72. The van der Waals surface area contributed by atoms with Crippen LogP contribution in [0.5, 0.6) is 0 Å². The summed E-state index contributed by atoms with van der Waals surface area (Å²) >= 11 is 0. The number of benzene rings is 1. The molecule has 3 rings (SSSR count). The number of hydrogen-bond acceptors (Lipinski definition) is 2. The van der Waals surface area contributed by atoms with Crippen molar-refractivity contribution < 1.29 is 4.79 Å². The molecule has 0 unspecified atom stereocenters. The van der Waals surface area contributed by atoms with Crippen LogP contribution in [0.25, 0.3) is 10.9 Å². The Balaban J connectivity index is 0.00000108. The van der Waals surface area contributed by atoms with Crippen molar-refractivity contribution in [3.05, 3.63) is 36.5 Å². The van der Waals surface area contributed by atoms with Crippen molar-refractivity contribution in [2.24, 2.45) is 0 Å². The van der Waals surface area contributed by atoms with Crippen molar-refractivity contribution >= 4 is 34.9 Å². The standard InChI is InChI=1S/C13H12N2O.ClH/c16-12-7-3-9-15(12)11-6-1-4-10-5-2-8-14-13(10)11;/h1-2,4-6,8H,3,7,9H2;1H. The molecular formula is C13H13ClN2O. The fourth-order valence-electron chi connectivity index (χ4n) is 2.21. The number of pyridine rings is 1. The van der Waals surface area contributed by atoms with E-state index in [2.05, 4.69) is 4.98 Å². The molecule has 0 atom stereocenters. The Labute approximate surface area is 106 Å². The quantitative estimate of drug-likeness (QED) is 0.778. The largest absolute Gasteiger partial charge is 0.310 e. The van der Waals surface area contributed by atoms with E-state index < -0.39 is 0 Å². The zero-order chi connectivity index (χ0) is 11.0. The van der Waals surface area contributed by atoms with Crippen molar-refractivity contribution in [3.8, 4) is 0 Å². The van der Waals surface area contributed by atoms with Crippen LogP contribution in [0.1, 0.15) is 12.8 Å². The average molecular weight is 249 g/mol. The Morgan fingerprint density at radius 1 is 1.18 bits per heavy atom. The highest BCUT2D eigenvalue weighted by atomic mass is 35.5. The van der Waals surface area contributed by atoms with Crippen molar-refractivity contribution in [2.75, 3.05) is 11.4 Å². The van der Waals surface area contributed by atoms with Crippen LogP contribution in [0.2, 0.25) is 0 Å². The van der Waals surface area contributed by atoms with Gasteiger partial charge in [-0.15, -0.1) is 12.4 Å². The molecule has 0 bridgehead atoms. The minimum Gasteiger partial charge on any atom is -0.310 e. The van der Waals surface area contributed by atoms with Gasteiger partial charge in [-0.25, -0.2) is 0 Å². The molecule has 88 valence electrons. The maximum absolute atomic E-state index is 11.7. The van der Waals surface area contributed by atoms with E-state index >= 15 is 0 Å². The molecule has 2 heterocycles. The predicted molar refractivity (Wildman–Crippen MR) is 70.6 cm³/mol. The van der Waals surface area contributed by atoms with Gasteiger partial charge < -0.3 is 4.90 Å². The lowest BCUT2D eigenvalue weighted by molar-refractivity contribution is -0.117. The van der Waals surface area contributed by atoms with E-state index in [-0.39, 0.29) is 18.3 Å². The van der Waals surface area contributed by atoms with Crippen molar-refractivity contribution in [1.29, 1.82) is 0 Å². The molecule has 0 radical (unpaired) electrons. The van der Waals surface area contributed by atoms with Gasteiger partial charge in [-0.1, -0.05) is 18.2 Å². The van der Waals surface area contributed by atoms with E-state index in [4.69, 9.17) is 0 Å². The Morgan fingerprint density at radius 2 is 2.00 bits per heavy atom. The number of nitrogens with zero attached hydrogens (tertiary/aromatic N) is 2. The first-order chi connectivity index (χ1) is 7.86. The monoisotopic (exact) mass is 248 g/mol. The third kappa shape index (κ3) is 1.98. The maximum Gasteiger partial charge on any atom is 0.227 e. The fraction of sp³-hybridized carbons (Fsp3) is 0.231. The molecule has 4 heteroatoms. The number of hydrogen-bond donors (Lipinski definition) is 0. The minimum absolute atomic E-state index is 0. The molecule has 1 aromatic carbocycles. The third-order valence-corrected chi connectivity index (χ3v) is 2.98. The summed E-state index contributed by atoms with van der Waals surface area (Å²) in [6.45, 7) is 0.814. The van der Waals surface area contributed by atoms with Gasteiger partial charge in [-0.05, 0) is 18.6 Å². The summed E-state index contributed by atoms with van der Waals surface area (Å²) in [5, 5.41) is 1.08. The normalized spacial score (nSPS) is 15.1. The molecule has 1 aliphatic heterocycles. The number of anilines is 1. The van der Waals surface area contributed by atoms with Gasteiger partial charge >= 0.3 is 0 Å². The van der Waals surface area contributed by atoms with E-state index in [1.165, 1.54) is 0 Å². The van der Waals surface area contributed by atoms with Crippen molar-refractivity contribution in [2.45, 2.75) is 12.8 Å². The second-order valence-corrected chi connectivity index (χ2v) is 4.00. The van der Waals surface area contributed by atoms with Gasteiger partial charge in [0.25, 0.3) is 0 Å². The molecule has 1 aromatic heterocycles. The summed E-state index contributed by atoms with van der Waals surface area (Å²) in [7, 11) is 0. The number of amides is 1. The summed E-state index contributed by atoms with van der Waals surface area (Å²) in [4.78, 5) is 17.9. The summed E-state index contributed by atoms with van der Waals surface area (Å²) in [5.41, 5.74) is 1.86. The van der Waals surface area contributed by atoms with E-state index in [9.17, 15) is 4.79 Å². The van der Waals surface area contributed by atoms with Gasteiger partial charge in [-0.3, -0.25) is 9.78 Å². The molecule has 3 nitrogen and oxygen atoms in total. The first kappa shape index (κ1) is 11.9. The second-order valence-electron chi connectivity index (χ2n) is 4.00. The number of carbonyl (C=O) groups excluding carboxylic acids is 1. The highest BCUT2D eigenvalue weighted by Gasteiger charge is 2.23. The minimum atomic E-state index is 0. The van der Waals surface area contributed by atoms with Gasteiger partial charge in [0.1, 0.15) is 0 Å². The van der Waals surface area contributed by atoms with Crippen LogP contribution in [-0.4, -0.2) is 17.4 Å². The van der Waals surface area contributed by atoms with Gasteiger partial charge in [0.05, 0.1) is 11.2 Å². The first-order valence-corrected chi connectivity index (χ1v) is 5.50. The van der Waals surface area contributed by atoms with E-state index in [0.29, 0.717) is 6.42 Å². The molecular weight excluding hydrogens is 236 g/mol. The van der Waals surface area contributed by atoms with Crippen LogP contribution in [0, 0.1) is 0 Å². The van der Waals surface area contributed by atoms with Crippen molar-refractivity contribution in [1.82, 2.24) is 4.98 Å². The van der Waals surface area contributed by atoms with Gasteiger partial charge in [0.15, 0.2) is 0 Å². The van der Waals surface area contributed by atoms with Gasteiger partial charge in [-0.2, -0.15) is 0 Å². The van der Waals surface area contributed by atoms with Crippen LogP contribution < -0.4 is 4.90 Å². The highest BCUT2D eigenvalue weighted by Crippen LogP contribution is 2.27. The lowest BCUT2D eigenvalue weighted by atomic mass is 10.2. The van der Waals surface area contributed by atoms with Crippen LogP contribution in [-0.2, 0) is 4.79 Å². The lowest BCUT2D eigenvalue weighted by Crippen LogP contribution is -2.23. The van der Waals surface area contributed by atoms with Gasteiger partial charge in [0, 0.05) is 24.5 Å². The van der Waals surface area contributed by atoms with Crippen LogP contribution >= 0.6 is 12.4 Å². The molecule has 0 N–H and O–H groups in total. The molecule has 0 spiro atoms. The Hall–Kier alpha value is -1.61. The number of carbonyl (C=O) groups is 1. The summed E-state index contributed by atoms with van der Waals surface area (Å²) < 4.78 is 0. The summed E-state index contributed by atoms with van der Waals surface area (Å²) in [6, 6.07) is 9.90. The van der Waals surface area contributed by atoms with E-state index in [0.717, 1.165) is 29.6 Å². The number of fused-ring (bicyclic) bond motifs is 1. The average Bonchev–Trinajstić information content (AvgIpc) is 2.75. The Bertz CT molecular complexity index is 551. The number of aromatic nitrogens is 1. The topological polar surface area (TPSA) is 33.2 Å². The van der Waals surface area contributed by atoms with Crippen LogP contribution in [0.3, 0.4) is 0 Å². The molecule has 17 heavy (non-hydrogen) atoms. The molecule has 2 aromatic rings. The van der Waals surface area contributed by atoms with E-state index in [1.807, 2.05) is 35.2 Å². The summed E-state index contributed by atoms with van der Waals surface area (Å²) in [5.74, 6) is 0.207. The predicted octanol–water partition coefficient (Wildman–Crippen LogP) is 2.78. The smallest absolute Gasteiger partial charge is 0.227 e. The Kier molecular flexibility index (Phi) is 3.29.